The third-order valence-electron chi connectivity index (χ3n) is 4.68. The molecular formula is C22H25N3O2. The number of fused-ring (bicyclic) bond motifs is 1. The number of carbonyl (C=O) groups excluding carboxylic acids is 1. The first-order valence-electron chi connectivity index (χ1n) is 9.54. The fourth-order valence-corrected chi connectivity index (χ4v) is 3.08. The van der Waals surface area contributed by atoms with Crippen LogP contribution in [0.25, 0.3) is 10.8 Å². The minimum Gasteiger partial charge on any atom is -0.321 e. The predicted octanol–water partition coefficient (Wildman–Crippen LogP) is 4.40. The maximum atomic E-state index is 12.9. The van der Waals surface area contributed by atoms with E-state index < -0.39 is 0 Å². The number of amides is 1. The quantitative estimate of drug-likeness (QED) is 0.633. The average molecular weight is 363 g/mol. The van der Waals surface area contributed by atoms with Crippen LogP contribution in [-0.2, 0) is 13.0 Å². The molecule has 0 saturated carbocycles. The van der Waals surface area contributed by atoms with Gasteiger partial charge in [0.2, 0.25) is 0 Å². The van der Waals surface area contributed by atoms with Crippen molar-refractivity contribution in [1.82, 2.24) is 9.78 Å². The number of unbranched alkanes of at least 4 members (excludes halogenated alkanes) is 2. The molecule has 1 aromatic heterocycles. The Balaban J connectivity index is 1.96. The molecule has 0 atom stereocenters. The first-order chi connectivity index (χ1) is 13.1. The monoisotopic (exact) mass is 363 g/mol. The van der Waals surface area contributed by atoms with Crippen LogP contribution >= 0.6 is 0 Å². The van der Waals surface area contributed by atoms with Crippen LogP contribution in [0.5, 0.6) is 0 Å². The highest BCUT2D eigenvalue weighted by atomic mass is 16.2. The van der Waals surface area contributed by atoms with Gasteiger partial charge in [-0.2, -0.15) is 5.10 Å². The zero-order chi connectivity index (χ0) is 19.2. The number of benzene rings is 2. The van der Waals surface area contributed by atoms with Crippen LogP contribution in [0.1, 0.15) is 49.2 Å². The van der Waals surface area contributed by atoms with Crippen molar-refractivity contribution in [3.05, 3.63) is 70.1 Å². The zero-order valence-electron chi connectivity index (χ0n) is 15.9. The molecule has 1 heterocycles. The van der Waals surface area contributed by atoms with Gasteiger partial charge in [0, 0.05) is 17.6 Å². The van der Waals surface area contributed by atoms with Gasteiger partial charge in [-0.1, -0.05) is 57.0 Å². The molecule has 0 fully saturated rings. The van der Waals surface area contributed by atoms with E-state index in [9.17, 15) is 9.59 Å². The standard InChI is InChI=1S/C22H25N3O2/c1-3-5-8-15-25-22(27)19-10-7-6-9-18(19)20(24-25)21(26)23-17-13-11-16(4-2)12-14-17/h6-7,9-14H,3-5,8,15H2,1-2H3,(H,23,26). The molecule has 27 heavy (non-hydrogen) atoms. The molecule has 140 valence electrons. The van der Waals surface area contributed by atoms with Crippen molar-refractivity contribution in [2.45, 2.75) is 46.1 Å². The van der Waals surface area contributed by atoms with Gasteiger partial charge in [0.05, 0.1) is 5.39 Å². The molecular weight excluding hydrogens is 338 g/mol. The van der Waals surface area contributed by atoms with E-state index in [-0.39, 0.29) is 17.2 Å². The SMILES string of the molecule is CCCCCn1nc(C(=O)Nc2ccc(CC)cc2)c2ccccc2c1=O. The lowest BCUT2D eigenvalue weighted by molar-refractivity contribution is 0.102. The van der Waals surface area contributed by atoms with E-state index in [4.69, 9.17) is 0 Å². The Morgan fingerprint density at radius 1 is 1.00 bits per heavy atom. The van der Waals surface area contributed by atoms with Gasteiger partial charge in [0.1, 0.15) is 0 Å². The van der Waals surface area contributed by atoms with Crippen molar-refractivity contribution >= 4 is 22.4 Å². The minimum absolute atomic E-state index is 0.148. The van der Waals surface area contributed by atoms with Crippen LogP contribution in [0.2, 0.25) is 0 Å². The number of nitrogens with one attached hydrogen (secondary N) is 1. The van der Waals surface area contributed by atoms with E-state index in [0.717, 1.165) is 25.7 Å². The number of anilines is 1. The smallest absolute Gasteiger partial charge is 0.276 e. The predicted molar refractivity (Wildman–Crippen MR) is 109 cm³/mol. The summed E-state index contributed by atoms with van der Waals surface area (Å²) in [6, 6.07) is 14.9. The van der Waals surface area contributed by atoms with Crippen LogP contribution in [0.15, 0.2) is 53.3 Å². The Kier molecular flexibility index (Phi) is 6.01. The number of carbonyl (C=O) groups is 1. The molecule has 0 spiro atoms. The van der Waals surface area contributed by atoms with Gasteiger partial charge in [0.25, 0.3) is 11.5 Å². The van der Waals surface area contributed by atoms with Crippen molar-refractivity contribution in [3.8, 4) is 0 Å². The highest BCUT2D eigenvalue weighted by Crippen LogP contribution is 2.16. The summed E-state index contributed by atoms with van der Waals surface area (Å²) in [5, 5.41) is 8.40. The van der Waals surface area contributed by atoms with Crippen LogP contribution in [0.4, 0.5) is 5.69 Å². The maximum Gasteiger partial charge on any atom is 0.276 e. The van der Waals surface area contributed by atoms with Gasteiger partial charge in [-0.3, -0.25) is 9.59 Å². The summed E-state index contributed by atoms with van der Waals surface area (Å²) in [7, 11) is 0. The highest BCUT2D eigenvalue weighted by Gasteiger charge is 2.16. The topological polar surface area (TPSA) is 64.0 Å². The van der Waals surface area contributed by atoms with E-state index in [1.165, 1.54) is 10.2 Å². The second-order valence-corrected chi connectivity index (χ2v) is 6.63. The Bertz CT molecular complexity index is 991. The summed E-state index contributed by atoms with van der Waals surface area (Å²) in [5.74, 6) is -0.306. The second kappa shape index (κ2) is 8.62. The Labute approximate surface area is 159 Å². The van der Waals surface area contributed by atoms with Crippen LogP contribution in [0, 0.1) is 0 Å². The molecule has 1 amide bonds. The molecule has 5 heteroatoms. The average Bonchev–Trinajstić information content (AvgIpc) is 2.70. The van der Waals surface area contributed by atoms with Crippen LogP contribution < -0.4 is 10.9 Å². The Morgan fingerprint density at radius 3 is 2.37 bits per heavy atom. The summed E-state index contributed by atoms with van der Waals surface area (Å²) in [4.78, 5) is 25.6. The normalized spacial score (nSPS) is 10.9. The van der Waals surface area contributed by atoms with Crippen molar-refractivity contribution in [1.29, 1.82) is 0 Å². The first kappa shape index (κ1) is 18.8. The molecule has 2 aromatic carbocycles. The number of nitrogens with zero attached hydrogens (tertiary/aromatic N) is 2. The molecule has 3 aromatic rings. The van der Waals surface area contributed by atoms with Crippen molar-refractivity contribution in [2.24, 2.45) is 0 Å². The number of aromatic nitrogens is 2. The summed E-state index contributed by atoms with van der Waals surface area (Å²) < 4.78 is 1.42. The van der Waals surface area contributed by atoms with Gasteiger partial charge in [-0.15, -0.1) is 0 Å². The fraction of sp³-hybridized carbons (Fsp3) is 0.318. The molecule has 0 unspecified atom stereocenters. The van der Waals surface area contributed by atoms with E-state index >= 15 is 0 Å². The Morgan fingerprint density at radius 2 is 1.70 bits per heavy atom. The third kappa shape index (κ3) is 4.25. The second-order valence-electron chi connectivity index (χ2n) is 6.63. The van der Waals surface area contributed by atoms with Crippen LogP contribution in [0.3, 0.4) is 0 Å². The minimum atomic E-state index is -0.306. The van der Waals surface area contributed by atoms with Gasteiger partial charge >= 0.3 is 0 Å². The zero-order valence-corrected chi connectivity index (χ0v) is 15.9. The lowest BCUT2D eigenvalue weighted by atomic mass is 10.1. The lowest BCUT2D eigenvalue weighted by Gasteiger charge is -2.11. The number of aryl methyl sites for hydroxylation is 2. The molecule has 0 bridgehead atoms. The lowest BCUT2D eigenvalue weighted by Crippen LogP contribution is -2.27. The van der Waals surface area contributed by atoms with E-state index in [1.54, 1.807) is 12.1 Å². The molecule has 0 aliphatic heterocycles. The summed E-state index contributed by atoms with van der Waals surface area (Å²) >= 11 is 0. The largest absolute Gasteiger partial charge is 0.321 e. The van der Waals surface area contributed by atoms with Crippen molar-refractivity contribution in [3.63, 3.8) is 0 Å². The summed E-state index contributed by atoms with van der Waals surface area (Å²) in [5.41, 5.74) is 2.06. The van der Waals surface area contributed by atoms with Gasteiger partial charge in [-0.05, 0) is 36.6 Å². The van der Waals surface area contributed by atoms with Gasteiger partial charge in [0.15, 0.2) is 5.69 Å². The number of hydrogen-bond acceptors (Lipinski definition) is 3. The van der Waals surface area contributed by atoms with E-state index in [0.29, 0.717) is 23.0 Å². The fourth-order valence-electron chi connectivity index (χ4n) is 3.08. The molecule has 0 aliphatic carbocycles. The molecule has 0 saturated heterocycles. The van der Waals surface area contributed by atoms with Gasteiger partial charge < -0.3 is 5.32 Å². The van der Waals surface area contributed by atoms with Crippen LogP contribution in [-0.4, -0.2) is 15.7 Å². The first-order valence-corrected chi connectivity index (χ1v) is 9.54. The molecule has 0 radical (unpaired) electrons. The van der Waals surface area contributed by atoms with E-state index in [2.05, 4.69) is 24.3 Å². The van der Waals surface area contributed by atoms with Crippen molar-refractivity contribution < 1.29 is 4.79 Å². The summed E-state index contributed by atoms with van der Waals surface area (Å²) in [6.07, 6.45) is 3.89. The highest BCUT2D eigenvalue weighted by molar-refractivity contribution is 6.11. The number of hydrogen-bond donors (Lipinski definition) is 1. The maximum absolute atomic E-state index is 12.9. The molecule has 0 aliphatic rings. The van der Waals surface area contributed by atoms with Crippen molar-refractivity contribution in [2.75, 3.05) is 5.32 Å². The number of rotatable bonds is 7. The molecule has 5 nitrogen and oxygen atoms in total. The third-order valence-corrected chi connectivity index (χ3v) is 4.68. The molecule has 3 rings (SSSR count). The molecule has 1 N–H and O–H groups in total. The summed E-state index contributed by atoms with van der Waals surface area (Å²) in [6.45, 7) is 4.72. The Hall–Kier alpha value is -2.95. The van der Waals surface area contributed by atoms with E-state index in [1.807, 2.05) is 36.4 Å². The van der Waals surface area contributed by atoms with Gasteiger partial charge in [-0.25, -0.2) is 4.68 Å².